The summed E-state index contributed by atoms with van der Waals surface area (Å²) in [6.07, 6.45) is 12.7. The lowest BCUT2D eigenvalue weighted by Crippen LogP contribution is -2.43. The van der Waals surface area contributed by atoms with Gasteiger partial charge in [-0.2, -0.15) is 0 Å². The minimum absolute atomic E-state index is 0.432. The molecule has 0 amide bonds. The van der Waals surface area contributed by atoms with Crippen molar-refractivity contribution in [2.24, 2.45) is 0 Å². The van der Waals surface area contributed by atoms with E-state index in [2.05, 4.69) is 58.0 Å². The van der Waals surface area contributed by atoms with Crippen molar-refractivity contribution in [3.05, 3.63) is 47.3 Å². The highest BCUT2D eigenvalue weighted by Crippen LogP contribution is 2.44. The van der Waals surface area contributed by atoms with Crippen LogP contribution < -0.4 is 20.1 Å². The molecule has 0 spiro atoms. The maximum Gasteiger partial charge on any atom is 0.162 e. The fourth-order valence-electron chi connectivity index (χ4n) is 5.37. The van der Waals surface area contributed by atoms with E-state index in [0.717, 1.165) is 56.1 Å². The Morgan fingerprint density at radius 1 is 1.06 bits per heavy atom. The zero-order valence-electron chi connectivity index (χ0n) is 18.9. The molecule has 3 heterocycles. The van der Waals surface area contributed by atoms with Crippen LogP contribution in [0.3, 0.4) is 0 Å². The van der Waals surface area contributed by atoms with Crippen LogP contribution in [0.2, 0.25) is 0 Å². The van der Waals surface area contributed by atoms with Crippen molar-refractivity contribution in [3.8, 4) is 11.5 Å². The Hall–Kier alpha value is -2.76. The maximum atomic E-state index is 5.62. The minimum Gasteiger partial charge on any atom is -0.493 e. The Bertz CT molecular complexity index is 928. The van der Waals surface area contributed by atoms with Crippen molar-refractivity contribution in [1.82, 2.24) is 15.1 Å². The molecule has 0 aromatic heterocycles. The van der Waals surface area contributed by atoms with Crippen LogP contribution in [-0.4, -0.2) is 62.8 Å². The number of fused-ring (bicyclic) bond motifs is 2. The number of hydrogen-bond donors (Lipinski definition) is 2. The molecule has 1 saturated carbocycles. The number of allylic oxidation sites excluding steroid dienone is 1. The molecule has 0 bridgehead atoms. The van der Waals surface area contributed by atoms with Gasteiger partial charge in [0.15, 0.2) is 11.5 Å². The van der Waals surface area contributed by atoms with Gasteiger partial charge in [0.25, 0.3) is 0 Å². The van der Waals surface area contributed by atoms with Crippen LogP contribution in [0.1, 0.15) is 37.7 Å². The standard InChI is InChI=1S/C25H34N4O2/c1-28-11-5-6-18(16-28)29-12-9-17(10-13-29)26-25-19-7-4-8-21(19)27-22-15-24(31-3)23(30-2)14-20(22)25/h5-6,14-17,21,26-27H,4,7-13H2,1-3H3. The Morgan fingerprint density at radius 2 is 1.84 bits per heavy atom. The quantitative estimate of drug-likeness (QED) is 0.753. The first-order chi connectivity index (χ1) is 15.2. The van der Waals surface area contributed by atoms with E-state index in [0.29, 0.717) is 12.1 Å². The summed E-state index contributed by atoms with van der Waals surface area (Å²) in [5.41, 5.74) is 6.56. The van der Waals surface area contributed by atoms with Gasteiger partial charge in [-0.15, -0.1) is 0 Å². The van der Waals surface area contributed by atoms with Gasteiger partial charge >= 0.3 is 0 Å². The Labute approximate surface area is 185 Å². The largest absolute Gasteiger partial charge is 0.493 e. The van der Waals surface area contributed by atoms with Gasteiger partial charge in [-0.25, -0.2) is 0 Å². The topological polar surface area (TPSA) is 49.0 Å². The van der Waals surface area contributed by atoms with Gasteiger partial charge in [-0.1, -0.05) is 6.08 Å². The molecule has 5 rings (SSSR count). The number of anilines is 1. The number of methoxy groups -OCH3 is 2. The first-order valence-electron chi connectivity index (χ1n) is 11.5. The molecule has 166 valence electrons. The van der Waals surface area contributed by atoms with Gasteiger partial charge in [-0.3, -0.25) is 0 Å². The summed E-state index contributed by atoms with van der Waals surface area (Å²) in [6, 6.07) is 5.14. The summed E-state index contributed by atoms with van der Waals surface area (Å²) < 4.78 is 11.2. The van der Waals surface area contributed by atoms with Crippen LogP contribution in [0, 0.1) is 0 Å². The number of benzene rings is 1. The lowest BCUT2D eigenvalue weighted by molar-refractivity contribution is 0.252. The van der Waals surface area contributed by atoms with Crippen LogP contribution in [-0.2, 0) is 0 Å². The normalized spacial score (nSPS) is 23.2. The van der Waals surface area contributed by atoms with Crippen LogP contribution in [0.5, 0.6) is 11.5 Å². The molecule has 6 nitrogen and oxygen atoms in total. The predicted molar refractivity (Wildman–Crippen MR) is 125 cm³/mol. The van der Waals surface area contributed by atoms with Crippen LogP contribution in [0.25, 0.3) is 5.70 Å². The molecule has 31 heavy (non-hydrogen) atoms. The van der Waals surface area contributed by atoms with E-state index in [1.807, 2.05) is 0 Å². The molecule has 1 atom stereocenters. The van der Waals surface area contributed by atoms with Gasteiger partial charge in [-0.05, 0) is 49.8 Å². The average molecular weight is 423 g/mol. The van der Waals surface area contributed by atoms with E-state index in [1.165, 1.54) is 35.4 Å². The van der Waals surface area contributed by atoms with E-state index >= 15 is 0 Å². The number of hydrogen-bond acceptors (Lipinski definition) is 6. The van der Waals surface area contributed by atoms with E-state index in [1.54, 1.807) is 14.2 Å². The Balaban J connectivity index is 1.36. The van der Waals surface area contributed by atoms with Crippen LogP contribution >= 0.6 is 0 Å². The van der Waals surface area contributed by atoms with Gasteiger partial charge in [0, 0.05) is 68.0 Å². The second kappa shape index (κ2) is 8.40. The molecular formula is C25H34N4O2. The maximum absolute atomic E-state index is 5.62. The highest BCUT2D eigenvalue weighted by molar-refractivity contribution is 5.84. The third-order valence-electron chi connectivity index (χ3n) is 7.05. The summed E-state index contributed by atoms with van der Waals surface area (Å²) in [5.74, 6) is 1.57. The molecule has 1 saturated heterocycles. The first-order valence-corrected chi connectivity index (χ1v) is 11.5. The fourth-order valence-corrected chi connectivity index (χ4v) is 5.37. The molecule has 1 aromatic carbocycles. The lowest BCUT2D eigenvalue weighted by atomic mass is 9.93. The van der Waals surface area contributed by atoms with Crippen LogP contribution in [0.15, 0.2) is 41.8 Å². The molecule has 4 aliphatic rings. The number of nitrogens with one attached hydrogen (secondary N) is 2. The summed E-state index contributed by atoms with van der Waals surface area (Å²) in [7, 11) is 5.55. The molecule has 3 aliphatic heterocycles. The van der Waals surface area contributed by atoms with E-state index in [4.69, 9.17) is 9.47 Å². The van der Waals surface area contributed by atoms with Crippen molar-refractivity contribution >= 4 is 11.4 Å². The number of rotatable bonds is 5. The molecular weight excluding hydrogens is 388 g/mol. The molecule has 2 fully saturated rings. The van der Waals surface area contributed by atoms with Crippen molar-refractivity contribution in [2.45, 2.75) is 44.2 Å². The molecule has 1 aromatic rings. The summed E-state index contributed by atoms with van der Waals surface area (Å²) in [4.78, 5) is 4.77. The molecule has 6 heteroatoms. The summed E-state index contributed by atoms with van der Waals surface area (Å²) in [5, 5.41) is 7.72. The highest BCUT2D eigenvalue weighted by Gasteiger charge is 2.33. The Morgan fingerprint density at radius 3 is 2.58 bits per heavy atom. The zero-order valence-corrected chi connectivity index (χ0v) is 18.9. The van der Waals surface area contributed by atoms with E-state index in [-0.39, 0.29) is 0 Å². The average Bonchev–Trinajstić information content (AvgIpc) is 3.27. The van der Waals surface area contributed by atoms with Gasteiger partial charge < -0.3 is 29.9 Å². The zero-order chi connectivity index (χ0) is 21.4. The molecule has 1 aliphatic carbocycles. The highest BCUT2D eigenvalue weighted by atomic mass is 16.5. The number of piperidine rings is 1. The summed E-state index contributed by atoms with van der Waals surface area (Å²) >= 11 is 0. The van der Waals surface area contributed by atoms with Crippen molar-refractivity contribution in [1.29, 1.82) is 0 Å². The SMILES string of the molecule is COc1cc2c(cc1OC)C(NC1CCN(C3=CN(C)CC=C3)CC1)=C1CCCC1N2. The van der Waals surface area contributed by atoms with Gasteiger partial charge in [0.2, 0.25) is 0 Å². The third kappa shape index (κ3) is 3.84. The number of ether oxygens (including phenoxy) is 2. The summed E-state index contributed by atoms with van der Waals surface area (Å²) in [6.45, 7) is 3.18. The van der Waals surface area contributed by atoms with Gasteiger partial charge in [0.1, 0.15) is 0 Å². The third-order valence-corrected chi connectivity index (χ3v) is 7.05. The minimum atomic E-state index is 0.432. The second-order valence-corrected chi connectivity index (χ2v) is 9.04. The van der Waals surface area contributed by atoms with E-state index in [9.17, 15) is 0 Å². The van der Waals surface area contributed by atoms with Crippen molar-refractivity contribution in [2.75, 3.05) is 46.2 Å². The van der Waals surface area contributed by atoms with E-state index < -0.39 is 0 Å². The predicted octanol–water partition coefficient (Wildman–Crippen LogP) is 3.79. The van der Waals surface area contributed by atoms with Crippen LogP contribution in [0.4, 0.5) is 5.69 Å². The lowest BCUT2D eigenvalue weighted by Gasteiger charge is -2.38. The number of likely N-dealkylation sites (tertiary alicyclic amines) is 1. The first kappa shape index (κ1) is 20.2. The second-order valence-electron chi connectivity index (χ2n) is 9.04. The fraction of sp³-hybridized carbons (Fsp3) is 0.520. The van der Waals surface area contributed by atoms with Crippen molar-refractivity contribution < 1.29 is 9.47 Å². The monoisotopic (exact) mass is 422 g/mol. The molecule has 0 radical (unpaired) electrons. The smallest absolute Gasteiger partial charge is 0.162 e. The Kier molecular flexibility index (Phi) is 5.47. The van der Waals surface area contributed by atoms with Crippen molar-refractivity contribution in [3.63, 3.8) is 0 Å². The molecule has 1 unspecified atom stereocenters. The number of nitrogens with zero attached hydrogens (tertiary/aromatic N) is 2. The molecule has 2 N–H and O–H groups in total. The number of likely N-dealkylation sites (N-methyl/N-ethyl adjacent to an activating group) is 1. The van der Waals surface area contributed by atoms with Gasteiger partial charge in [0.05, 0.1) is 19.9 Å².